The molecule has 2 aliphatic rings. The van der Waals surface area contributed by atoms with Gasteiger partial charge in [-0.1, -0.05) is 23.2 Å². The number of hydrogen-bond donors (Lipinski definition) is 2. The third kappa shape index (κ3) is 6.26. The lowest BCUT2D eigenvalue weighted by Crippen LogP contribution is -2.64. The van der Waals surface area contributed by atoms with Crippen molar-refractivity contribution in [3.05, 3.63) is 39.1 Å². The Balaban J connectivity index is 1.46. The Morgan fingerprint density at radius 2 is 2.06 bits per heavy atom. The maximum Gasteiger partial charge on any atom is 0.165 e. The van der Waals surface area contributed by atoms with Crippen molar-refractivity contribution < 1.29 is 19.1 Å². The Morgan fingerprint density at radius 1 is 1.30 bits per heavy atom. The van der Waals surface area contributed by atoms with Crippen LogP contribution in [0.25, 0.3) is 0 Å². The van der Waals surface area contributed by atoms with Crippen LogP contribution < -0.4 is 15.5 Å². The van der Waals surface area contributed by atoms with Crippen LogP contribution in [-0.2, 0) is 16.0 Å². The molecule has 33 heavy (non-hydrogen) atoms. The molecule has 2 N–H and O–H groups in total. The number of rotatable bonds is 13. The highest BCUT2D eigenvalue weighted by atomic mass is 35.5. The van der Waals surface area contributed by atoms with E-state index in [9.17, 15) is 9.59 Å². The molecule has 1 aliphatic carbocycles. The zero-order valence-electron chi connectivity index (χ0n) is 18.9. The van der Waals surface area contributed by atoms with E-state index in [1.54, 1.807) is 13.1 Å². The zero-order valence-corrected chi connectivity index (χ0v) is 20.4. The first kappa shape index (κ1) is 25.5. The SMILES string of the molecule is CNCCc1c(OC2CC3(C2)CN(CCOC(/C=N\NC)=C(\Cl)C=O)C3)ccc(Cl)c1C=O. The Kier molecular flexibility index (Phi) is 9.14. The second-order valence-corrected chi connectivity index (χ2v) is 9.24. The fourth-order valence-corrected chi connectivity index (χ4v) is 4.81. The molecule has 1 aromatic carbocycles. The van der Waals surface area contributed by atoms with Gasteiger partial charge in [-0.3, -0.25) is 14.5 Å². The summed E-state index contributed by atoms with van der Waals surface area (Å²) >= 11 is 12.1. The lowest BCUT2D eigenvalue weighted by atomic mass is 9.62. The first-order chi connectivity index (χ1) is 15.9. The number of likely N-dealkylation sites (tertiary alicyclic amines) is 1. The van der Waals surface area contributed by atoms with Crippen LogP contribution in [0, 0.1) is 5.41 Å². The highest BCUT2D eigenvalue weighted by Gasteiger charge is 2.53. The summed E-state index contributed by atoms with van der Waals surface area (Å²) < 4.78 is 11.9. The number of allylic oxidation sites excluding steroid dienone is 2. The second kappa shape index (κ2) is 11.8. The Bertz CT molecular complexity index is 908. The number of carbonyl (C=O) groups is 2. The van der Waals surface area contributed by atoms with Gasteiger partial charge in [-0.25, -0.2) is 0 Å². The van der Waals surface area contributed by atoms with Gasteiger partial charge < -0.3 is 20.2 Å². The molecule has 1 saturated carbocycles. The van der Waals surface area contributed by atoms with Gasteiger partial charge in [-0.05, 0) is 45.0 Å². The summed E-state index contributed by atoms with van der Waals surface area (Å²) in [5, 5.41) is 7.39. The minimum absolute atomic E-state index is 0.0120. The molecule has 3 rings (SSSR count). The van der Waals surface area contributed by atoms with Gasteiger partial charge in [0, 0.05) is 43.2 Å². The van der Waals surface area contributed by atoms with Crippen molar-refractivity contribution in [2.45, 2.75) is 25.4 Å². The molecule has 0 atom stereocenters. The molecule has 0 bridgehead atoms. The largest absolute Gasteiger partial charge is 0.490 e. The highest BCUT2D eigenvalue weighted by Crippen LogP contribution is 2.50. The number of nitrogens with zero attached hydrogens (tertiary/aromatic N) is 2. The molecule has 1 aliphatic heterocycles. The van der Waals surface area contributed by atoms with E-state index in [1.165, 1.54) is 6.21 Å². The summed E-state index contributed by atoms with van der Waals surface area (Å²) in [4.78, 5) is 24.7. The number of halogens is 2. The Labute approximate surface area is 204 Å². The lowest BCUT2D eigenvalue weighted by molar-refractivity contribution is -0.122. The Hall–Kier alpha value is -2.13. The van der Waals surface area contributed by atoms with Crippen molar-refractivity contribution in [2.75, 3.05) is 46.9 Å². The van der Waals surface area contributed by atoms with Crippen molar-refractivity contribution in [1.82, 2.24) is 15.6 Å². The van der Waals surface area contributed by atoms with Crippen molar-refractivity contribution in [1.29, 1.82) is 0 Å². The zero-order chi connectivity index (χ0) is 23.8. The monoisotopic (exact) mass is 496 g/mol. The van der Waals surface area contributed by atoms with E-state index in [4.69, 9.17) is 32.7 Å². The quantitative estimate of drug-likeness (QED) is 0.142. The number of carbonyl (C=O) groups excluding carboxylic acids is 2. The predicted octanol–water partition coefficient (Wildman–Crippen LogP) is 2.63. The topological polar surface area (TPSA) is 92.3 Å². The summed E-state index contributed by atoms with van der Waals surface area (Å²) in [5.74, 6) is 0.996. The molecule has 2 fully saturated rings. The molecular formula is C23H30Cl2N4O4. The maximum atomic E-state index is 11.5. The molecule has 0 amide bonds. The Morgan fingerprint density at radius 3 is 2.70 bits per heavy atom. The molecule has 1 heterocycles. The second-order valence-electron chi connectivity index (χ2n) is 8.43. The smallest absolute Gasteiger partial charge is 0.165 e. The van der Waals surface area contributed by atoms with E-state index in [1.807, 2.05) is 13.1 Å². The van der Waals surface area contributed by atoms with Crippen molar-refractivity contribution in [2.24, 2.45) is 10.5 Å². The van der Waals surface area contributed by atoms with Crippen molar-refractivity contribution >= 4 is 42.0 Å². The minimum atomic E-state index is -0.0120. The number of hydrazone groups is 1. The fourth-order valence-electron chi connectivity index (χ4n) is 4.48. The van der Waals surface area contributed by atoms with Gasteiger partial charge in [0.2, 0.25) is 0 Å². The van der Waals surface area contributed by atoms with E-state index in [0.29, 0.717) is 29.9 Å². The first-order valence-corrected chi connectivity index (χ1v) is 11.7. The number of ether oxygens (including phenoxy) is 2. The average Bonchev–Trinajstić information content (AvgIpc) is 2.76. The van der Waals surface area contributed by atoms with Crippen LogP contribution in [0.15, 0.2) is 28.0 Å². The van der Waals surface area contributed by atoms with E-state index in [0.717, 1.165) is 56.6 Å². The minimum Gasteiger partial charge on any atom is -0.490 e. The molecule has 10 heteroatoms. The molecule has 180 valence electrons. The van der Waals surface area contributed by atoms with Gasteiger partial charge >= 0.3 is 0 Å². The number of benzene rings is 1. The van der Waals surface area contributed by atoms with Crippen LogP contribution in [0.1, 0.15) is 28.8 Å². The van der Waals surface area contributed by atoms with Crippen LogP contribution >= 0.6 is 23.2 Å². The summed E-state index contributed by atoms with van der Waals surface area (Å²) in [7, 11) is 3.52. The first-order valence-electron chi connectivity index (χ1n) is 10.9. The van der Waals surface area contributed by atoms with Crippen LogP contribution in [-0.4, -0.2) is 76.7 Å². The van der Waals surface area contributed by atoms with E-state index in [-0.39, 0.29) is 22.3 Å². The normalized spacial score (nSPS) is 18.4. The molecule has 1 aromatic rings. The van der Waals surface area contributed by atoms with Crippen LogP contribution in [0.2, 0.25) is 5.02 Å². The number of hydrogen-bond acceptors (Lipinski definition) is 8. The van der Waals surface area contributed by atoms with Gasteiger partial charge in [0.05, 0.1) is 17.3 Å². The third-order valence-electron chi connectivity index (χ3n) is 6.05. The lowest BCUT2D eigenvalue weighted by Gasteiger charge is -2.58. The van der Waals surface area contributed by atoms with Crippen LogP contribution in [0.5, 0.6) is 5.75 Å². The number of nitrogens with one attached hydrogen (secondary N) is 2. The molecule has 8 nitrogen and oxygen atoms in total. The van der Waals surface area contributed by atoms with Crippen molar-refractivity contribution in [3.8, 4) is 5.75 Å². The maximum absolute atomic E-state index is 11.5. The predicted molar refractivity (Wildman–Crippen MR) is 129 cm³/mol. The standard InChI is InChI=1S/C23H30Cl2N4O4/c1-26-6-5-17-18(12-30)19(24)3-4-21(17)33-16-9-23(10-16)14-29(15-23)7-8-32-22(11-28-27-2)20(25)13-31/h3-4,11-13,16,26-27H,5-10,14-15H2,1-2H3/b22-20-,28-11-. The number of aldehydes is 2. The number of likely N-dealkylation sites (N-methyl/N-ethyl adjacent to an activating group) is 1. The van der Waals surface area contributed by atoms with Gasteiger partial charge in [0.15, 0.2) is 18.3 Å². The molecular weight excluding hydrogens is 467 g/mol. The van der Waals surface area contributed by atoms with Gasteiger partial charge in [0.1, 0.15) is 17.4 Å². The van der Waals surface area contributed by atoms with Crippen LogP contribution in [0.3, 0.4) is 0 Å². The average molecular weight is 497 g/mol. The summed E-state index contributed by atoms with van der Waals surface area (Å²) in [5.41, 5.74) is 4.25. The van der Waals surface area contributed by atoms with Crippen LogP contribution in [0.4, 0.5) is 0 Å². The molecule has 0 radical (unpaired) electrons. The van der Waals surface area contributed by atoms with E-state index in [2.05, 4.69) is 20.7 Å². The summed E-state index contributed by atoms with van der Waals surface area (Å²) in [6.45, 7) is 3.85. The van der Waals surface area contributed by atoms with E-state index < -0.39 is 0 Å². The van der Waals surface area contributed by atoms with Crippen molar-refractivity contribution in [3.63, 3.8) is 0 Å². The third-order valence-corrected chi connectivity index (χ3v) is 6.66. The molecule has 0 aromatic heterocycles. The van der Waals surface area contributed by atoms with Gasteiger partial charge in [-0.15, -0.1) is 0 Å². The van der Waals surface area contributed by atoms with Gasteiger partial charge in [-0.2, -0.15) is 5.10 Å². The fraction of sp³-hybridized carbons (Fsp3) is 0.522. The molecule has 1 saturated heterocycles. The summed E-state index contributed by atoms with van der Waals surface area (Å²) in [6, 6.07) is 3.59. The molecule has 1 spiro atoms. The highest BCUT2D eigenvalue weighted by molar-refractivity contribution is 6.40. The summed E-state index contributed by atoms with van der Waals surface area (Å²) in [6.07, 6.45) is 5.50. The van der Waals surface area contributed by atoms with E-state index >= 15 is 0 Å². The van der Waals surface area contributed by atoms with Gasteiger partial charge in [0.25, 0.3) is 0 Å². The molecule has 0 unspecified atom stereocenters.